The fourth-order valence-corrected chi connectivity index (χ4v) is 7.74. The predicted octanol–water partition coefficient (Wildman–Crippen LogP) is 8.13. The van der Waals surface area contributed by atoms with Gasteiger partial charge >= 0.3 is 10.2 Å². The first-order chi connectivity index (χ1) is 18.1. The zero-order chi connectivity index (χ0) is 28.1. The topological polar surface area (TPSA) is 82.1 Å². The second-order valence-corrected chi connectivity index (χ2v) is 14.9. The van der Waals surface area contributed by atoms with E-state index in [0.29, 0.717) is 60.5 Å². The number of hydrogen-bond donors (Lipinski definition) is 3. The summed E-state index contributed by atoms with van der Waals surface area (Å²) in [4.78, 5) is 10.5. The van der Waals surface area contributed by atoms with E-state index in [-0.39, 0.29) is 17.2 Å². The highest BCUT2D eigenvalue weighted by atomic mass is 32.5. The number of amides is 1. The van der Waals surface area contributed by atoms with E-state index in [0.717, 1.165) is 35.2 Å². The summed E-state index contributed by atoms with van der Waals surface area (Å²) in [6, 6.07) is 15.4. The summed E-state index contributed by atoms with van der Waals surface area (Å²) in [5, 5.41) is 5.51. The number of fused-ring (bicyclic) bond motifs is 1. The van der Waals surface area contributed by atoms with Crippen LogP contribution < -0.4 is 10.6 Å². The summed E-state index contributed by atoms with van der Waals surface area (Å²) in [5.74, 6) is -0.0814. The van der Waals surface area contributed by atoms with Gasteiger partial charge in [-0.15, -0.1) is 0 Å². The predicted molar refractivity (Wildman–Crippen MR) is 145 cm³/mol. The molecule has 1 amide bonds. The van der Waals surface area contributed by atoms with E-state index in [1.54, 1.807) is 18.2 Å². The highest BCUT2D eigenvalue weighted by Gasteiger charge is 2.65. The molecule has 0 saturated heterocycles. The third-order valence-corrected chi connectivity index (χ3v) is 10.9. The molecule has 210 valence electrons. The van der Waals surface area contributed by atoms with E-state index in [4.69, 9.17) is 4.78 Å². The van der Waals surface area contributed by atoms with Crippen molar-refractivity contribution in [3.05, 3.63) is 77.9 Å². The number of nitrogens with one attached hydrogen (secondary N) is 3. The maximum Gasteiger partial charge on any atom is 0.310 e. The highest BCUT2D eigenvalue weighted by molar-refractivity contribution is 8.45. The molecule has 0 spiro atoms. The number of hydrogen-bond acceptors (Lipinski definition) is 4. The molecule has 3 N–H and O–H groups in total. The summed E-state index contributed by atoms with van der Waals surface area (Å²) >= 11 is 0. The molecule has 1 atom stereocenters. The molecule has 0 radical (unpaired) electrons. The van der Waals surface area contributed by atoms with Gasteiger partial charge in [0.1, 0.15) is 4.90 Å². The smallest absolute Gasteiger partial charge is 0.310 e. The number of halogens is 5. The summed E-state index contributed by atoms with van der Waals surface area (Å²) in [6.07, 6.45) is 2.81. The van der Waals surface area contributed by atoms with Crippen LogP contribution >= 0.6 is 10.2 Å². The van der Waals surface area contributed by atoms with Gasteiger partial charge in [0.25, 0.3) is 5.91 Å². The van der Waals surface area contributed by atoms with Crippen molar-refractivity contribution < 1.29 is 28.4 Å². The standard InChI is InChI=1S/C27H28F5N3O2S2/c28-39(29,30,31,32)25-12-6-22(7-13-25)35-21-4-10-24(11-5-21)38(33,37)23-8-1-18(2-9-23)19-3-14-26-20(17-19)15-16-34-27(26)36/h1-3,6-9,12-14,17,21,24,33,35H,4-5,10-11,15-16H2,(H,34,36). The summed E-state index contributed by atoms with van der Waals surface area (Å²) < 4.78 is 86.9. The maximum atomic E-state index is 13.5. The highest BCUT2D eigenvalue weighted by Crippen LogP contribution is 3.02. The Bertz CT molecular complexity index is 1520. The molecule has 0 aromatic heterocycles. The van der Waals surface area contributed by atoms with Crippen LogP contribution in [0.2, 0.25) is 0 Å². The molecule has 39 heavy (non-hydrogen) atoms. The van der Waals surface area contributed by atoms with Crippen molar-refractivity contribution in [1.29, 1.82) is 4.78 Å². The minimum Gasteiger partial charge on any atom is -0.382 e. The molecule has 5 nitrogen and oxygen atoms in total. The lowest BCUT2D eigenvalue weighted by Crippen LogP contribution is -2.32. The number of carbonyl (C=O) groups excluding carboxylic acids is 1. The van der Waals surface area contributed by atoms with Gasteiger partial charge < -0.3 is 10.6 Å². The number of carbonyl (C=O) groups is 1. The van der Waals surface area contributed by atoms with E-state index in [2.05, 4.69) is 10.6 Å². The van der Waals surface area contributed by atoms with Crippen LogP contribution in [0, 0.1) is 4.78 Å². The molecular weight excluding hydrogens is 557 g/mol. The largest absolute Gasteiger partial charge is 0.382 e. The van der Waals surface area contributed by atoms with E-state index < -0.39 is 24.8 Å². The lowest BCUT2D eigenvalue weighted by atomic mass is 9.95. The van der Waals surface area contributed by atoms with Crippen molar-refractivity contribution >= 4 is 31.5 Å². The average molecular weight is 586 g/mol. The minimum atomic E-state index is -9.71. The number of benzene rings is 3. The molecule has 1 aliphatic carbocycles. The van der Waals surface area contributed by atoms with E-state index in [1.165, 1.54) is 0 Å². The van der Waals surface area contributed by atoms with Crippen molar-refractivity contribution in [3.63, 3.8) is 0 Å². The zero-order valence-corrected chi connectivity index (χ0v) is 22.4. The minimum absolute atomic E-state index is 0.0814. The third kappa shape index (κ3) is 5.91. The molecule has 12 heteroatoms. The first-order valence-electron chi connectivity index (χ1n) is 12.5. The Hall–Kier alpha value is -3.12. The van der Waals surface area contributed by atoms with Gasteiger partial charge in [0.15, 0.2) is 0 Å². The van der Waals surface area contributed by atoms with Crippen LogP contribution in [0.5, 0.6) is 0 Å². The summed E-state index contributed by atoms with van der Waals surface area (Å²) in [6.45, 7) is 0.594. The van der Waals surface area contributed by atoms with Crippen LogP contribution in [0.25, 0.3) is 11.1 Å². The molecule has 1 heterocycles. The Morgan fingerprint density at radius 2 is 1.46 bits per heavy atom. The van der Waals surface area contributed by atoms with Crippen molar-refractivity contribution in [2.75, 3.05) is 11.9 Å². The van der Waals surface area contributed by atoms with Gasteiger partial charge in [-0.05, 0) is 91.3 Å². The molecule has 3 aromatic carbocycles. The quantitative estimate of drug-likeness (QED) is 0.256. The van der Waals surface area contributed by atoms with Gasteiger partial charge in [-0.2, -0.15) is 0 Å². The molecule has 3 aromatic rings. The van der Waals surface area contributed by atoms with Crippen molar-refractivity contribution in [2.24, 2.45) is 0 Å². The SMILES string of the molecule is N=S(=O)(c1ccc(-c2ccc3c(c2)CCNC3=O)cc1)C1CCC(Nc2ccc(S(F)(F)(F)(F)F)cc2)CC1. The molecule has 5 rings (SSSR count). The first kappa shape index (κ1) is 27.4. The van der Waals surface area contributed by atoms with Crippen molar-refractivity contribution in [1.82, 2.24) is 5.32 Å². The van der Waals surface area contributed by atoms with Crippen LogP contribution in [-0.4, -0.2) is 28.0 Å². The van der Waals surface area contributed by atoms with Gasteiger partial charge in [-0.3, -0.25) is 4.79 Å². The van der Waals surface area contributed by atoms with Crippen LogP contribution in [0.4, 0.5) is 25.1 Å². The normalized spacial score (nSPS) is 22.9. The van der Waals surface area contributed by atoms with Crippen molar-refractivity contribution in [2.45, 2.75) is 53.2 Å². The average Bonchev–Trinajstić information content (AvgIpc) is 2.88. The molecule has 1 fully saturated rings. The second-order valence-electron chi connectivity index (χ2n) is 10.1. The van der Waals surface area contributed by atoms with E-state index in [9.17, 15) is 28.4 Å². The van der Waals surface area contributed by atoms with Crippen LogP contribution in [0.3, 0.4) is 0 Å². The molecular formula is C27H28F5N3O2S2. The van der Waals surface area contributed by atoms with Crippen LogP contribution in [-0.2, 0) is 16.1 Å². The third-order valence-electron chi connectivity index (χ3n) is 7.38. The Balaban J connectivity index is 1.22. The Labute approximate surface area is 223 Å². The Morgan fingerprint density at radius 1 is 0.846 bits per heavy atom. The molecule has 1 unspecified atom stereocenters. The van der Waals surface area contributed by atoms with E-state index in [1.807, 2.05) is 24.3 Å². The zero-order valence-electron chi connectivity index (χ0n) is 20.8. The first-order valence-corrected chi connectivity index (χ1v) is 16.1. The van der Waals surface area contributed by atoms with Crippen molar-refractivity contribution in [3.8, 4) is 11.1 Å². The summed E-state index contributed by atoms with van der Waals surface area (Å²) in [7, 11) is -12.8. The monoisotopic (exact) mass is 585 g/mol. The van der Waals surface area contributed by atoms with Crippen LogP contribution in [0.1, 0.15) is 41.6 Å². The molecule has 1 saturated carbocycles. The van der Waals surface area contributed by atoms with Crippen LogP contribution in [0.15, 0.2) is 76.5 Å². The number of rotatable bonds is 6. The Morgan fingerprint density at radius 3 is 2.08 bits per heavy atom. The second kappa shape index (κ2) is 8.95. The van der Waals surface area contributed by atoms with Gasteiger partial charge in [-0.1, -0.05) is 43.7 Å². The fourth-order valence-electron chi connectivity index (χ4n) is 5.23. The lowest BCUT2D eigenvalue weighted by Gasteiger charge is -2.40. The van der Waals surface area contributed by atoms with Gasteiger partial charge in [0.05, 0.1) is 9.73 Å². The molecule has 2 aliphatic rings. The van der Waals surface area contributed by atoms with Gasteiger partial charge in [0, 0.05) is 34.0 Å². The van der Waals surface area contributed by atoms with Gasteiger partial charge in [-0.25, -0.2) is 8.99 Å². The summed E-state index contributed by atoms with van der Waals surface area (Å²) in [5.41, 5.74) is 3.78. The number of anilines is 1. The fraction of sp³-hybridized carbons (Fsp3) is 0.296. The van der Waals surface area contributed by atoms with Gasteiger partial charge in [0.2, 0.25) is 0 Å². The molecule has 1 aliphatic heterocycles. The maximum absolute atomic E-state index is 13.5. The van der Waals surface area contributed by atoms with E-state index >= 15 is 0 Å². The Kier molecular flexibility index (Phi) is 6.30. The molecule has 0 bridgehead atoms. The lowest BCUT2D eigenvalue weighted by molar-refractivity contribution is 0.0946.